The van der Waals surface area contributed by atoms with Crippen molar-refractivity contribution in [3.63, 3.8) is 0 Å². The molecule has 0 fully saturated rings. The molecule has 2 aromatic rings. The highest BCUT2D eigenvalue weighted by Gasteiger charge is 2.21. The highest BCUT2D eigenvalue weighted by molar-refractivity contribution is 9.09. The molecular formula is C10H7BrCl2N4O2. The van der Waals surface area contributed by atoms with Gasteiger partial charge in [0.25, 0.3) is 5.69 Å². The van der Waals surface area contributed by atoms with Gasteiger partial charge in [-0.1, -0.05) is 44.3 Å². The van der Waals surface area contributed by atoms with E-state index >= 15 is 0 Å². The van der Waals surface area contributed by atoms with E-state index in [4.69, 9.17) is 23.2 Å². The van der Waals surface area contributed by atoms with Crippen LogP contribution in [0.4, 0.5) is 5.69 Å². The number of nitro groups is 1. The van der Waals surface area contributed by atoms with Gasteiger partial charge in [0.05, 0.1) is 21.8 Å². The Labute approximate surface area is 126 Å². The summed E-state index contributed by atoms with van der Waals surface area (Å²) in [5, 5.41) is 19.9. The zero-order valence-electron chi connectivity index (χ0n) is 9.39. The van der Waals surface area contributed by atoms with Gasteiger partial charge in [0.15, 0.2) is 5.69 Å². The monoisotopic (exact) mass is 364 g/mol. The number of aryl methyl sites for hydroxylation is 1. The zero-order chi connectivity index (χ0) is 14.0. The van der Waals surface area contributed by atoms with Crippen molar-refractivity contribution in [1.29, 1.82) is 0 Å². The first-order valence-corrected chi connectivity index (χ1v) is 7.01. The van der Waals surface area contributed by atoms with Crippen LogP contribution in [0.1, 0.15) is 5.69 Å². The molecule has 1 aromatic carbocycles. The predicted molar refractivity (Wildman–Crippen MR) is 75.5 cm³/mol. The van der Waals surface area contributed by atoms with Crippen molar-refractivity contribution in [3.05, 3.63) is 44.2 Å². The Kier molecular flexibility index (Phi) is 4.38. The maximum Gasteiger partial charge on any atom is 0.297 e. The van der Waals surface area contributed by atoms with E-state index in [9.17, 15) is 10.1 Å². The highest BCUT2D eigenvalue weighted by Crippen LogP contribution is 2.33. The van der Waals surface area contributed by atoms with Gasteiger partial charge in [0.2, 0.25) is 0 Å². The van der Waals surface area contributed by atoms with Gasteiger partial charge in [-0.2, -0.15) is 0 Å². The van der Waals surface area contributed by atoms with E-state index < -0.39 is 4.92 Å². The second kappa shape index (κ2) is 5.85. The van der Waals surface area contributed by atoms with Gasteiger partial charge in [-0.25, -0.2) is 4.68 Å². The normalized spacial score (nSPS) is 10.7. The number of aromatic nitrogens is 3. The average Bonchev–Trinajstić information content (AvgIpc) is 2.76. The number of benzene rings is 1. The summed E-state index contributed by atoms with van der Waals surface area (Å²) in [7, 11) is 0. The molecule has 0 aliphatic carbocycles. The molecule has 100 valence electrons. The number of hydrogen-bond acceptors (Lipinski definition) is 4. The standard InChI is InChI=1S/C10H7BrCl2N4O2/c11-2-1-7-5-16(15-14-7)10-8(13)3-6(12)4-9(10)17(18)19/h3-5H,1-2H2. The quantitative estimate of drug-likeness (QED) is 0.472. The van der Waals surface area contributed by atoms with Crippen LogP contribution in [-0.4, -0.2) is 25.2 Å². The lowest BCUT2D eigenvalue weighted by molar-refractivity contribution is -0.384. The maximum absolute atomic E-state index is 11.1. The van der Waals surface area contributed by atoms with Crippen molar-refractivity contribution in [2.24, 2.45) is 0 Å². The second-order valence-corrected chi connectivity index (χ2v) is 5.24. The van der Waals surface area contributed by atoms with E-state index in [0.29, 0.717) is 12.1 Å². The van der Waals surface area contributed by atoms with Gasteiger partial charge in [-0.15, -0.1) is 5.10 Å². The molecule has 0 radical (unpaired) electrons. The van der Waals surface area contributed by atoms with Crippen LogP contribution in [0.2, 0.25) is 10.0 Å². The zero-order valence-corrected chi connectivity index (χ0v) is 12.5. The topological polar surface area (TPSA) is 73.8 Å². The Morgan fingerprint density at radius 2 is 2.16 bits per heavy atom. The lowest BCUT2D eigenvalue weighted by Gasteiger charge is -2.05. The largest absolute Gasteiger partial charge is 0.297 e. The van der Waals surface area contributed by atoms with Gasteiger partial charge in [-0.3, -0.25) is 10.1 Å². The minimum atomic E-state index is -0.557. The fraction of sp³-hybridized carbons (Fsp3) is 0.200. The minimum Gasteiger partial charge on any atom is -0.258 e. The third-order valence-corrected chi connectivity index (χ3v) is 3.23. The van der Waals surface area contributed by atoms with E-state index in [0.717, 1.165) is 5.33 Å². The van der Waals surface area contributed by atoms with E-state index in [2.05, 4.69) is 26.2 Å². The van der Waals surface area contributed by atoms with Crippen LogP contribution in [0.5, 0.6) is 0 Å². The number of nitrogens with zero attached hydrogens (tertiary/aromatic N) is 4. The van der Waals surface area contributed by atoms with Gasteiger partial charge in [0.1, 0.15) is 0 Å². The molecule has 19 heavy (non-hydrogen) atoms. The van der Waals surface area contributed by atoms with Crippen molar-refractivity contribution in [3.8, 4) is 5.69 Å². The smallest absolute Gasteiger partial charge is 0.258 e. The summed E-state index contributed by atoms with van der Waals surface area (Å²) >= 11 is 15.1. The summed E-state index contributed by atoms with van der Waals surface area (Å²) in [5.41, 5.74) is 0.648. The summed E-state index contributed by atoms with van der Waals surface area (Å²) in [6, 6.07) is 2.66. The van der Waals surface area contributed by atoms with Crippen LogP contribution >= 0.6 is 39.1 Å². The van der Waals surface area contributed by atoms with Crippen molar-refractivity contribution in [2.75, 3.05) is 5.33 Å². The molecule has 0 amide bonds. The van der Waals surface area contributed by atoms with Gasteiger partial charge in [0, 0.05) is 22.8 Å². The lowest BCUT2D eigenvalue weighted by Crippen LogP contribution is -2.02. The lowest BCUT2D eigenvalue weighted by atomic mass is 10.2. The molecule has 0 aliphatic rings. The molecule has 0 spiro atoms. The molecule has 0 atom stereocenters. The predicted octanol–water partition coefficient (Wildman–Crippen LogP) is 3.42. The Bertz CT molecular complexity index is 632. The summed E-state index contributed by atoms with van der Waals surface area (Å²) in [5.74, 6) is 0. The summed E-state index contributed by atoms with van der Waals surface area (Å²) in [6.07, 6.45) is 2.27. The van der Waals surface area contributed by atoms with Crippen LogP contribution in [0, 0.1) is 10.1 Å². The number of hydrogen-bond donors (Lipinski definition) is 0. The second-order valence-electron chi connectivity index (χ2n) is 3.61. The molecule has 0 saturated heterocycles. The third kappa shape index (κ3) is 3.05. The van der Waals surface area contributed by atoms with Crippen molar-refractivity contribution in [2.45, 2.75) is 6.42 Å². The molecule has 9 heteroatoms. The molecule has 0 bridgehead atoms. The van der Waals surface area contributed by atoms with Crippen LogP contribution in [0.25, 0.3) is 5.69 Å². The van der Waals surface area contributed by atoms with E-state index in [1.54, 1.807) is 6.20 Å². The summed E-state index contributed by atoms with van der Waals surface area (Å²) < 4.78 is 1.29. The number of halogens is 3. The summed E-state index contributed by atoms with van der Waals surface area (Å²) in [4.78, 5) is 10.5. The van der Waals surface area contributed by atoms with E-state index in [-0.39, 0.29) is 21.4 Å². The Balaban J connectivity index is 2.56. The molecule has 1 aromatic heterocycles. The average molecular weight is 366 g/mol. The number of rotatable bonds is 4. The first-order valence-electron chi connectivity index (χ1n) is 5.14. The number of alkyl halides is 1. The maximum atomic E-state index is 11.1. The number of nitro benzene ring substituents is 1. The van der Waals surface area contributed by atoms with Crippen LogP contribution in [0.3, 0.4) is 0 Å². The molecule has 0 saturated carbocycles. The Hall–Kier alpha value is -1.18. The van der Waals surface area contributed by atoms with Crippen molar-refractivity contribution in [1.82, 2.24) is 15.0 Å². The molecule has 1 heterocycles. The van der Waals surface area contributed by atoms with E-state index in [1.165, 1.54) is 16.8 Å². The molecule has 0 N–H and O–H groups in total. The van der Waals surface area contributed by atoms with Crippen LogP contribution < -0.4 is 0 Å². The molecular weight excluding hydrogens is 359 g/mol. The Morgan fingerprint density at radius 3 is 2.79 bits per heavy atom. The van der Waals surface area contributed by atoms with Crippen molar-refractivity contribution < 1.29 is 4.92 Å². The highest BCUT2D eigenvalue weighted by atomic mass is 79.9. The van der Waals surface area contributed by atoms with Gasteiger partial charge < -0.3 is 0 Å². The third-order valence-electron chi connectivity index (χ3n) is 2.33. The fourth-order valence-electron chi connectivity index (χ4n) is 1.54. The minimum absolute atomic E-state index is 0.148. The molecule has 0 unspecified atom stereocenters. The molecule has 6 nitrogen and oxygen atoms in total. The first-order chi connectivity index (χ1) is 9.02. The van der Waals surface area contributed by atoms with Gasteiger partial charge in [-0.05, 0) is 6.07 Å². The SMILES string of the molecule is O=[N+]([O-])c1cc(Cl)cc(Cl)c1-n1cc(CCBr)nn1. The molecule has 2 rings (SSSR count). The Morgan fingerprint density at radius 1 is 1.42 bits per heavy atom. The first kappa shape index (κ1) is 14.2. The summed E-state index contributed by atoms with van der Waals surface area (Å²) in [6.45, 7) is 0. The van der Waals surface area contributed by atoms with Crippen molar-refractivity contribution >= 4 is 44.8 Å². The van der Waals surface area contributed by atoms with Gasteiger partial charge >= 0.3 is 0 Å². The van der Waals surface area contributed by atoms with Crippen LogP contribution in [-0.2, 0) is 6.42 Å². The van der Waals surface area contributed by atoms with E-state index in [1.807, 2.05) is 0 Å². The fourth-order valence-corrected chi connectivity index (χ4v) is 2.51. The van der Waals surface area contributed by atoms with Crippen LogP contribution in [0.15, 0.2) is 18.3 Å². The molecule has 0 aliphatic heterocycles.